The standard InChI is InChI=1S/C21H30ClN5O3/c1-7-13-12-27(20(29)30-21(3,4)5)14(8-2)11-26(13)18-17-15(9-10-16(22)23-17)25(6)19(28)24-18/h9-10,13-14H,7-8,11-12H2,1-6H3/t13-,14+/m0/s1. The number of hydrogen-bond acceptors (Lipinski definition) is 6. The Kier molecular flexibility index (Phi) is 6.26. The second kappa shape index (κ2) is 8.41. The van der Waals surface area contributed by atoms with Gasteiger partial charge >= 0.3 is 11.8 Å². The minimum absolute atomic E-state index is 0.0242. The SMILES string of the molecule is CC[C@@H]1CN(c2nc(=O)n(C)c3ccc(Cl)nc23)[C@@H](CC)CN1C(=O)OC(C)(C)C. The van der Waals surface area contributed by atoms with Gasteiger partial charge in [0.05, 0.1) is 11.6 Å². The second-order valence-corrected chi connectivity index (χ2v) is 9.08. The molecule has 0 aliphatic carbocycles. The van der Waals surface area contributed by atoms with Gasteiger partial charge in [-0.15, -0.1) is 0 Å². The third-order valence-corrected chi connectivity index (χ3v) is 5.65. The van der Waals surface area contributed by atoms with Crippen LogP contribution in [0.1, 0.15) is 47.5 Å². The molecule has 1 aliphatic rings. The van der Waals surface area contributed by atoms with Crippen LogP contribution in [0.25, 0.3) is 11.0 Å². The molecular formula is C21H30ClN5O3. The van der Waals surface area contributed by atoms with Crippen LogP contribution in [0.15, 0.2) is 16.9 Å². The molecule has 1 aliphatic heterocycles. The molecule has 3 rings (SSSR count). The van der Waals surface area contributed by atoms with Gasteiger partial charge in [-0.25, -0.2) is 14.6 Å². The summed E-state index contributed by atoms with van der Waals surface area (Å²) in [5.41, 5.74) is 0.354. The van der Waals surface area contributed by atoms with Crippen molar-refractivity contribution < 1.29 is 9.53 Å². The summed E-state index contributed by atoms with van der Waals surface area (Å²) in [7, 11) is 1.67. The molecule has 8 nitrogen and oxygen atoms in total. The lowest BCUT2D eigenvalue weighted by Crippen LogP contribution is -2.60. The molecular weight excluding hydrogens is 406 g/mol. The molecule has 1 amide bonds. The Balaban J connectivity index is 2.04. The number of amides is 1. The number of hydrogen-bond donors (Lipinski definition) is 0. The Hall–Kier alpha value is -2.35. The topological polar surface area (TPSA) is 80.6 Å². The van der Waals surface area contributed by atoms with E-state index in [2.05, 4.69) is 21.8 Å². The Labute approximate surface area is 181 Å². The highest BCUT2D eigenvalue weighted by Gasteiger charge is 2.38. The number of aromatic nitrogens is 3. The maximum atomic E-state index is 12.8. The molecule has 1 fully saturated rings. The van der Waals surface area contributed by atoms with Gasteiger partial charge in [0, 0.05) is 26.2 Å². The van der Waals surface area contributed by atoms with Crippen LogP contribution in [0.3, 0.4) is 0 Å². The highest BCUT2D eigenvalue weighted by Crippen LogP contribution is 2.30. The number of piperazine rings is 1. The lowest BCUT2D eigenvalue weighted by atomic mass is 10.0. The highest BCUT2D eigenvalue weighted by molar-refractivity contribution is 6.29. The number of rotatable bonds is 3. The number of aryl methyl sites for hydroxylation is 1. The van der Waals surface area contributed by atoms with E-state index in [1.165, 1.54) is 4.57 Å². The first-order valence-corrected chi connectivity index (χ1v) is 10.7. The van der Waals surface area contributed by atoms with Crippen molar-refractivity contribution >= 4 is 34.5 Å². The monoisotopic (exact) mass is 435 g/mol. The van der Waals surface area contributed by atoms with E-state index in [0.717, 1.165) is 12.8 Å². The molecule has 0 N–H and O–H groups in total. The molecule has 30 heavy (non-hydrogen) atoms. The van der Waals surface area contributed by atoms with E-state index in [1.807, 2.05) is 27.7 Å². The predicted molar refractivity (Wildman–Crippen MR) is 118 cm³/mol. The van der Waals surface area contributed by atoms with Gasteiger partial charge in [-0.3, -0.25) is 4.57 Å². The average Bonchev–Trinajstić information content (AvgIpc) is 2.68. The number of halogens is 1. The quantitative estimate of drug-likeness (QED) is 0.685. The van der Waals surface area contributed by atoms with E-state index in [1.54, 1.807) is 24.1 Å². The van der Waals surface area contributed by atoms with E-state index in [4.69, 9.17) is 16.3 Å². The van der Waals surface area contributed by atoms with Crippen molar-refractivity contribution in [2.75, 3.05) is 18.0 Å². The number of carbonyl (C=O) groups is 1. The van der Waals surface area contributed by atoms with Crippen LogP contribution in [0.2, 0.25) is 5.15 Å². The molecule has 0 bridgehead atoms. The summed E-state index contributed by atoms with van der Waals surface area (Å²) < 4.78 is 7.10. The van der Waals surface area contributed by atoms with Gasteiger partial charge in [-0.2, -0.15) is 4.98 Å². The largest absolute Gasteiger partial charge is 0.444 e. The Morgan fingerprint density at radius 3 is 2.43 bits per heavy atom. The number of nitrogens with zero attached hydrogens (tertiary/aromatic N) is 5. The molecule has 164 valence electrons. The first-order valence-electron chi connectivity index (χ1n) is 10.3. The molecule has 0 unspecified atom stereocenters. The summed E-state index contributed by atoms with van der Waals surface area (Å²) in [6.45, 7) is 10.7. The van der Waals surface area contributed by atoms with Crippen LogP contribution in [-0.2, 0) is 11.8 Å². The summed E-state index contributed by atoms with van der Waals surface area (Å²) in [6.07, 6.45) is 1.22. The fourth-order valence-corrected chi connectivity index (χ4v) is 3.98. The highest BCUT2D eigenvalue weighted by atomic mass is 35.5. The molecule has 0 aromatic carbocycles. The van der Waals surface area contributed by atoms with Crippen molar-refractivity contribution in [1.29, 1.82) is 0 Å². The zero-order chi connectivity index (χ0) is 22.2. The van der Waals surface area contributed by atoms with Crippen molar-refractivity contribution in [1.82, 2.24) is 19.4 Å². The van der Waals surface area contributed by atoms with Crippen LogP contribution in [0, 0.1) is 0 Å². The first kappa shape index (κ1) is 22.3. The number of pyridine rings is 1. The smallest absolute Gasteiger partial charge is 0.410 e. The lowest BCUT2D eigenvalue weighted by molar-refractivity contribution is 0.00983. The van der Waals surface area contributed by atoms with Gasteiger partial charge in [0.25, 0.3) is 0 Å². The second-order valence-electron chi connectivity index (χ2n) is 8.69. The molecule has 2 aromatic rings. The molecule has 0 spiro atoms. The molecule has 2 aromatic heterocycles. The molecule has 9 heteroatoms. The van der Waals surface area contributed by atoms with Crippen molar-refractivity contribution in [2.24, 2.45) is 7.05 Å². The van der Waals surface area contributed by atoms with Crippen molar-refractivity contribution in [3.05, 3.63) is 27.8 Å². The van der Waals surface area contributed by atoms with Gasteiger partial charge in [0.1, 0.15) is 16.3 Å². The van der Waals surface area contributed by atoms with Gasteiger partial charge in [-0.1, -0.05) is 25.4 Å². The Morgan fingerprint density at radius 2 is 1.83 bits per heavy atom. The van der Waals surface area contributed by atoms with Crippen molar-refractivity contribution in [2.45, 2.75) is 65.1 Å². The van der Waals surface area contributed by atoms with Crippen LogP contribution in [-0.4, -0.2) is 56.3 Å². The molecule has 0 saturated carbocycles. The van der Waals surface area contributed by atoms with Crippen LogP contribution >= 0.6 is 11.6 Å². The summed E-state index contributed by atoms with van der Waals surface area (Å²) in [6, 6.07) is 3.36. The van der Waals surface area contributed by atoms with Gasteiger partial charge in [-0.05, 0) is 45.7 Å². The average molecular weight is 436 g/mol. The lowest BCUT2D eigenvalue weighted by Gasteiger charge is -2.46. The van der Waals surface area contributed by atoms with Crippen LogP contribution in [0.5, 0.6) is 0 Å². The van der Waals surface area contributed by atoms with Crippen LogP contribution in [0.4, 0.5) is 10.6 Å². The van der Waals surface area contributed by atoms with Gasteiger partial charge in [0.15, 0.2) is 5.82 Å². The number of ether oxygens (including phenoxy) is 1. The number of carbonyl (C=O) groups excluding carboxylic acids is 1. The van der Waals surface area contributed by atoms with E-state index < -0.39 is 5.60 Å². The zero-order valence-electron chi connectivity index (χ0n) is 18.5. The molecule has 3 heterocycles. The van der Waals surface area contributed by atoms with Crippen molar-refractivity contribution in [3.63, 3.8) is 0 Å². The summed E-state index contributed by atoms with van der Waals surface area (Å²) in [5, 5.41) is 0.344. The maximum Gasteiger partial charge on any atom is 0.410 e. The van der Waals surface area contributed by atoms with Gasteiger partial charge < -0.3 is 14.5 Å². The van der Waals surface area contributed by atoms with Crippen molar-refractivity contribution in [3.8, 4) is 0 Å². The molecule has 1 saturated heterocycles. The minimum atomic E-state index is -0.557. The van der Waals surface area contributed by atoms with Crippen LogP contribution < -0.4 is 10.6 Å². The normalized spacial score (nSPS) is 20.0. The zero-order valence-corrected chi connectivity index (χ0v) is 19.2. The Bertz CT molecular complexity index is 1000. The summed E-state index contributed by atoms with van der Waals surface area (Å²) >= 11 is 6.16. The van der Waals surface area contributed by atoms with Gasteiger partial charge in [0.2, 0.25) is 0 Å². The predicted octanol–water partition coefficient (Wildman–Crippen LogP) is 3.60. The third-order valence-electron chi connectivity index (χ3n) is 5.44. The Morgan fingerprint density at radius 1 is 1.17 bits per heavy atom. The van der Waals surface area contributed by atoms with E-state index in [0.29, 0.717) is 35.1 Å². The number of fused-ring (bicyclic) bond motifs is 1. The maximum absolute atomic E-state index is 12.8. The number of anilines is 1. The third kappa shape index (κ3) is 4.38. The fourth-order valence-electron chi connectivity index (χ4n) is 3.84. The molecule has 0 radical (unpaired) electrons. The van der Waals surface area contributed by atoms with E-state index in [-0.39, 0.29) is 23.9 Å². The van der Waals surface area contributed by atoms with E-state index in [9.17, 15) is 9.59 Å². The van der Waals surface area contributed by atoms with E-state index >= 15 is 0 Å². The first-order chi connectivity index (χ1) is 14.1. The summed E-state index contributed by atoms with van der Waals surface area (Å²) in [5.74, 6) is 0.518. The fraction of sp³-hybridized carbons (Fsp3) is 0.619. The molecule has 2 atom stereocenters. The minimum Gasteiger partial charge on any atom is -0.444 e. The summed E-state index contributed by atoms with van der Waals surface area (Å²) in [4.78, 5) is 38.1.